The molecule has 0 aliphatic rings. The van der Waals surface area contributed by atoms with E-state index in [2.05, 4.69) is 27.1 Å². The van der Waals surface area contributed by atoms with Gasteiger partial charge in [-0.25, -0.2) is 4.98 Å². The minimum atomic E-state index is -0.0725. The summed E-state index contributed by atoms with van der Waals surface area (Å²) in [5.74, 6) is 1.89. The number of benzene rings is 1. The average molecular weight is 452 g/mol. The molecule has 158 valence electrons. The molecule has 1 aromatic carbocycles. The molecule has 4 aromatic rings. The van der Waals surface area contributed by atoms with Crippen molar-refractivity contribution in [2.75, 3.05) is 5.32 Å². The van der Waals surface area contributed by atoms with Crippen molar-refractivity contribution in [2.24, 2.45) is 0 Å². The van der Waals surface area contributed by atoms with Crippen LogP contribution in [0.1, 0.15) is 16.3 Å². The zero-order valence-electron chi connectivity index (χ0n) is 16.9. The van der Waals surface area contributed by atoms with Gasteiger partial charge in [0.25, 0.3) is 0 Å². The average Bonchev–Trinajstić information content (AvgIpc) is 3.50. The number of aromatic nitrogens is 4. The number of amides is 1. The molecule has 7 nitrogen and oxygen atoms in total. The van der Waals surface area contributed by atoms with Gasteiger partial charge in [0.2, 0.25) is 11.7 Å². The van der Waals surface area contributed by atoms with Crippen molar-refractivity contribution in [1.29, 1.82) is 0 Å². The molecule has 0 spiro atoms. The van der Waals surface area contributed by atoms with Gasteiger partial charge in [0.1, 0.15) is 5.01 Å². The van der Waals surface area contributed by atoms with Gasteiger partial charge in [0.05, 0.1) is 18.4 Å². The maximum atomic E-state index is 12.4. The number of para-hydroxylation sites is 1. The summed E-state index contributed by atoms with van der Waals surface area (Å²) in [7, 11) is 0. The van der Waals surface area contributed by atoms with Gasteiger partial charge in [-0.3, -0.25) is 9.36 Å². The number of hydrogen-bond acceptors (Lipinski definition) is 7. The summed E-state index contributed by atoms with van der Waals surface area (Å²) in [5.41, 5.74) is 2.76. The van der Waals surface area contributed by atoms with Crippen molar-refractivity contribution < 1.29 is 9.21 Å². The second kappa shape index (κ2) is 9.76. The zero-order valence-corrected chi connectivity index (χ0v) is 18.6. The summed E-state index contributed by atoms with van der Waals surface area (Å²) in [4.78, 5) is 17.0. The van der Waals surface area contributed by atoms with E-state index in [0.29, 0.717) is 23.9 Å². The van der Waals surface area contributed by atoms with Gasteiger partial charge in [0.15, 0.2) is 10.9 Å². The fourth-order valence-corrected chi connectivity index (χ4v) is 4.70. The molecule has 0 unspecified atom stereocenters. The van der Waals surface area contributed by atoms with E-state index in [-0.39, 0.29) is 12.3 Å². The summed E-state index contributed by atoms with van der Waals surface area (Å²) in [5, 5.41) is 15.0. The second-order valence-electron chi connectivity index (χ2n) is 6.74. The fraction of sp³-hybridized carbons (Fsp3) is 0.182. The predicted molar refractivity (Wildman–Crippen MR) is 123 cm³/mol. The van der Waals surface area contributed by atoms with E-state index in [1.165, 1.54) is 23.1 Å². The van der Waals surface area contributed by atoms with Gasteiger partial charge >= 0.3 is 0 Å². The van der Waals surface area contributed by atoms with Crippen LogP contribution >= 0.6 is 23.1 Å². The number of furan rings is 1. The molecule has 0 aliphatic carbocycles. The highest BCUT2D eigenvalue weighted by Crippen LogP contribution is 2.27. The smallest absolute Gasteiger partial charge is 0.231 e. The number of hydrogen-bond donors (Lipinski definition) is 1. The third kappa shape index (κ3) is 5.12. The van der Waals surface area contributed by atoms with E-state index in [0.717, 1.165) is 27.1 Å². The minimum absolute atomic E-state index is 0.0725. The van der Waals surface area contributed by atoms with Crippen molar-refractivity contribution in [2.45, 2.75) is 30.8 Å². The van der Waals surface area contributed by atoms with E-state index in [1.54, 1.807) is 12.3 Å². The van der Waals surface area contributed by atoms with Crippen molar-refractivity contribution in [3.05, 3.63) is 77.0 Å². The molecular formula is C22H21N5O2S2. The molecule has 9 heteroatoms. The van der Waals surface area contributed by atoms with E-state index < -0.39 is 0 Å². The number of thiazole rings is 1. The Morgan fingerprint density at radius 1 is 1.29 bits per heavy atom. The van der Waals surface area contributed by atoms with Crippen LogP contribution in [0, 0.1) is 6.92 Å². The lowest BCUT2D eigenvalue weighted by molar-refractivity contribution is -0.115. The Kier molecular flexibility index (Phi) is 6.63. The number of carbonyl (C=O) groups excluding carboxylic acids is 1. The van der Waals surface area contributed by atoms with Gasteiger partial charge < -0.3 is 9.73 Å². The standard InChI is InChI=1S/C22H21N5O2S2/c1-3-10-27-21(18-9-6-11-29-18)25-26-22(27)31-14-16-13-30-20(23-16)12-19(28)24-17-8-5-4-7-15(17)2/h3-9,11,13H,1,10,12,14H2,2H3,(H,24,28). The quantitative estimate of drug-likeness (QED) is 0.286. The molecule has 1 amide bonds. The van der Waals surface area contributed by atoms with Gasteiger partial charge in [-0.15, -0.1) is 28.1 Å². The molecule has 31 heavy (non-hydrogen) atoms. The maximum absolute atomic E-state index is 12.4. The van der Waals surface area contributed by atoms with Crippen molar-refractivity contribution in [1.82, 2.24) is 19.7 Å². The Balaban J connectivity index is 1.38. The molecule has 0 saturated heterocycles. The molecular weight excluding hydrogens is 430 g/mol. The molecule has 0 atom stereocenters. The first-order valence-electron chi connectivity index (χ1n) is 9.63. The first kappa shape index (κ1) is 21.1. The number of allylic oxidation sites excluding steroid dienone is 1. The summed E-state index contributed by atoms with van der Waals surface area (Å²) in [6.07, 6.45) is 3.66. The van der Waals surface area contributed by atoms with Crippen LogP contribution in [0.15, 0.2) is 70.3 Å². The highest BCUT2D eigenvalue weighted by Gasteiger charge is 2.16. The van der Waals surface area contributed by atoms with Crippen LogP contribution in [0.4, 0.5) is 5.69 Å². The molecule has 0 bridgehead atoms. The van der Waals surface area contributed by atoms with Crippen LogP contribution in [0.2, 0.25) is 0 Å². The van der Waals surface area contributed by atoms with E-state index in [4.69, 9.17) is 4.42 Å². The molecule has 3 aromatic heterocycles. The number of anilines is 1. The van der Waals surface area contributed by atoms with Crippen LogP contribution in [0.3, 0.4) is 0 Å². The monoisotopic (exact) mass is 451 g/mol. The Morgan fingerprint density at radius 3 is 2.94 bits per heavy atom. The van der Waals surface area contributed by atoms with Crippen molar-refractivity contribution in [3.63, 3.8) is 0 Å². The lowest BCUT2D eigenvalue weighted by Crippen LogP contribution is -2.15. The Hall–Kier alpha value is -3.17. The normalized spacial score (nSPS) is 10.9. The lowest BCUT2D eigenvalue weighted by atomic mass is 10.2. The minimum Gasteiger partial charge on any atom is -0.461 e. The van der Waals surface area contributed by atoms with Gasteiger partial charge in [-0.2, -0.15) is 0 Å². The molecule has 0 saturated carbocycles. The largest absolute Gasteiger partial charge is 0.461 e. The third-order valence-corrected chi connectivity index (χ3v) is 6.35. The topological polar surface area (TPSA) is 85.8 Å². The molecule has 0 aliphatic heterocycles. The molecule has 0 radical (unpaired) electrons. The van der Waals surface area contributed by atoms with Gasteiger partial charge in [0, 0.05) is 23.4 Å². The Labute approximate surface area is 188 Å². The molecule has 3 heterocycles. The van der Waals surface area contributed by atoms with Crippen LogP contribution < -0.4 is 5.32 Å². The molecule has 4 rings (SSSR count). The number of thioether (sulfide) groups is 1. The highest BCUT2D eigenvalue weighted by molar-refractivity contribution is 7.98. The summed E-state index contributed by atoms with van der Waals surface area (Å²) < 4.78 is 7.42. The fourth-order valence-electron chi connectivity index (χ4n) is 2.96. The molecule has 1 N–H and O–H groups in total. The van der Waals surface area contributed by atoms with Crippen molar-refractivity contribution >= 4 is 34.7 Å². The van der Waals surface area contributed by atoms with E-state index in [1.807, 2.05) is 53.3 Å². The van der Waals surface area contributed by atoms with E-state index >= 15 is 0 Å². The van der Waals surface area contributed by atoms with Gasteiger partial charge in [-0.05, 0) is 30.7 Å². The van der Waals surface area contributed by atoms with E-state index in [9.17, 15) is 4.79 Å². The van der Waals surface area contributed by atoms with Crippen LogP contribution in [-0.4, -0.2) is 25.7 Å². The summed E-state index contributed by atoms with van der Waals surface area (Å²) >= 11 is 3.02. The first-order valence-corrected chi connectivity index (χ1v) is 11.5. The van der Waals surface area contributed by atoms with Crippen LogP contribution in [0.5, 0.6) is 0 Å². The Morgan fingerprint density at radius 2 is 2.16 bits per heavy atom. The maximum Gasteiger partial charge on any atom is 0.231 e. The SMILES string of the molecule is C=CCn1c(SCc2csc(CC(=O)Nc3ccccc3C)n2)nnc1-c1ccco1. The number of nitrogens with zero attached hydrogens (tertiary/aromatic N) is 4. The number of nitrogens with one attached hydrogen (secondary N) is 1. The highest BCUT2D eigenvalue weighted by atomic mass is 32.2. The van der Waals surface area contributed by atoms with Crippen molar-refractivity contribution in [3.8, 4) is 11.6 Å². The summed E-state index contributed by atoms with van der Waals surface area (Å²) in [6.45, 7) is 6.36. The van der Waals surface area contributed by atoms with Crippen LogP contribution in [-0.2, 0) is 23.5 Å². The number of carbonyl (C=O) groups is 1. The Bertz CT molecular complexity index is 1180. The first-order chi connectivity index (χ1) is 15.1. The van der Waals surface area contributed by atoms with Gasteiger partial charge in [-0.1, -0.05) is 36.0 Å². The third-order valence-electron chi connectivity index (χ3n) is 4.45. The lowest BCUT2D eigenvalue weighted by Gasteiger charge is -2.06. The van der Waals surface area contributed by atoms with Crippen LogP contribution in [0.25, 0.3) is 11.6 Å². The molecule has 0 fully saturated rings. The predicted octanol–water partition coefficient (Wildman–Crippen LogP) is 4.96. The zero-order chi connectivity index (χ0) is 21.6. The second-order valence-corrected chi connectivity index (χ2v) is 8.63. The number of rotatable bonds is 9. The summed E-state index contributed by atoms with van der Waals surface area (Å²) in [6, 6.07) is 11.4. The number of aryl methyl sites for hydroxylation is 1.